The molecule has 172 valence electrons. The fourth-order valence-electron chi connectivity index (χ4n) is 3.78. The number of aromatic nitrogens is 1. The second kappa shape index (κ2) is 10.3. The summed E-state index contributed by atoms with van der Waals surface area (Å²) in [5.41, 5.74) is 1.39. The number of hydrogen-bond acceptors (Lipinski definition) is 7. The van der Waals surface area contributed by atoms with Gasteiger partial charge >= 0.3 is 0 Å². The van der Waals surface area contributed by atoms with Crippen molar-refractivity contribution in [3.63, 3.8) is 0 Å². The highest BCUT2D eigenvalue weighted by atomic mass is 32.1. The summed E-state index contributed by atoms with van der Waals surface area (Å²) in [6.07, 6.45) is 1.89. The van der Waals surface area contributed by atoms with Crippen LogP contribution in [0.3, 0.4) is 0 Å². The number of amides is 1. The van der Waals surface area contributed by atoms with E-state index in [-0.39, 0.29) is 11.4 Å². The maximum Gasteiger partial charge on any atom is 0.290 e. The van der Waals surface area contributed by atoms with Crippen LogP contribution in [0.2, 0.25) is 0 Å². The molecule has 1 aromatic heterocycles. The van der Waals surface area contributed by atoms with Crippen molar-refractivity contribution in [1.82, 2.24) is 14.8 Å². The lowest BCUT2D eigenvalue weighted by Crippen LogP contribution is -2.36. The maximum absolute atomic E-state index is 13.6. The first kappa shape index (κ1) is 23.9. The molecule has 32 heavy (non-hydrogen) atoms. The second-order valence-corrected chi connectivity index (χ2v) is 9.39. The largest absolute Gasteiger partial charge is 0.503 e. The molecule has 0 radical (unpaired) electrons. The number of ether oxygens (including phenoxy) is 1. The van der Waals surface area contributed by atoms with Crippen LogP contribution in [0.5, 0.6) is 5.75 Å². The Bertz CT molecular complexity index is 1030. The van der Waals surface area contributed by atoms with Gasteiger partial charge in [0, 0.05) is 18.7 Å². The zero-order valence-electron chi connectivity index (χ0n) is 19.3. The van der Waals surface area contributed by atoms with Gasteiger partial charge in [-0.05, 0) is 40.4 Å². The molecule has 3 rings (SSSR count). The fraction of sp³-hybridized carbons (Fsp3) is 0.458. The first-order valence-corrected chi connectivity index (χ1v) is 11.7. The van der Waals surface area contributed by atoms with E-state index in [1.807, 2.05) is 50.2 Å². The molecule has 1 aliphatic heterocycles. The normalized spacial score (nSPS) is 16.4. The fourth-order valence-corrected chi connectivity index (χ4v) is 4.65. The summed E-state index contributed by atoms with van der Waals surface area (Å²) in [7, 11) is 3.83. The molecule has 0 aliphatic carbocycles. The topological polar surface area (TPSA) is 83.0 Å². The van der Waals surface area contributed by atoms with Crippen molar-refractivity contribution < 1.29 is 19.4 Å². The van der Waals surface area contributed by atoms with E-state index in [1.165, 1.54) is 11.3 Å². The van der Waals surface area contributed by atoms with E-state index < -0.39 is 17.7 Å². The molecule has 1 aliphatic rings. The van der Waals surface area contributed by atoms with E-state index >= 15 is 0 Å². The van der Waals surface area contributed by atoms with Crippen LogP contribution in [-0.4, -0.2) is 65.4 Å². The minimum atomic E-state index is -0.727. The van der Waals surface area contributed by atoms with Gasteiger partial charge in [0.15, 0.2) is 5.76 Å². The quantitative estimate of drug-likeness (QED) is 0.428. The number of carbonyl (C=O) groups excluding carboxylic acids is 2. The van der Waals surface area contributed by atoms with Gasteiger partial charge in [-0.2, -0.15) is 0 Å². The highest BCUT2D eigenvalue weighted by Crippen LogP contribution is 2.43. The molecule has 0 spiro atoms. The monoisotopic (exact) mass is 457 g/mol. The Labute approximate surface area is 193 Å². The highest BCUT2D eigenvalue weighted by molar-refractivity contribution is 7.14. The zero-order chi connectivity index (χ0) is 23.4. The number of thiazole rings is 1. The number of aryl methyl sites for hydroxylation is 2. The van der Waals surface area contributed by atoms with Crippen molar-refractivity contribution in [2.24, 2.45) is 0 Å². The van der Waals surface area contributed by atoms with Crippen molar-refractivity contribution >= 4 is 23.0 Å². The van der Waals surface area contributed by atoms with E-state index in [1.54, 1.807) is 11.8 Å². The number of para-hydroxylation sites is 1. The van der Waals surface area contributed by atoms with Crippen LogP contribution in [0.15, 0.2) is 35.6 Å². The Balaban J connectivity index is 2.09. The van der Waals surface area contributed by atoms with Gasteiger partial charge in [-0.15, -0.1) is 11.3 Å². The van der Waals surface area contributed by atoms with Gasteiger partial charge in [0.2, 0.25) is 5.78 Å². The summed E-state index contributed by atoms with van der Waals surface area (Å²) in [5, 5.41) is 11.6. The number of unbranched alkanes of at least 4 members (excludes halogenated alkanes) is 1. The summed E-state index contributed by atoms with van der Waals surface area (Å²) in [6.45, 7) is 7.19. The second-order valence-electron chi connectivity index (χ2n) is 8.18. The summed E-state index contributed by atoms with van der Waals surface area (Å²) >= 11 is 1.28. The molecule has 1 unspecified atom stereocenters. The number of Topliss-reactive ketones (excluding diaryl/α,β-unsaturated/α-hetero) is 1. The van der Waals surface area contributed by atoms with Crippen LogP contribution in [0.25, 0.3) is 0 Å². The predicted octanol–water partition coefficient (Wildman–Crippen LogP) is 4.08. The summed E-state index contributed by atoms with van der Waals surface area (Å²) in [6, 6.07) is 6.70. The van der Waals surface area contributed by atoms with Gasteiger partial charge in [-0.1, -0.05) is 31.5 Å². The Morgan fingerprint density at radius 1 is 1.28 bits per heavy atom. The van der Waals surface area contributed by atoms with Gasteiger partial charge in [-0.3, -0.25) is 9.59 Å². The molecule has 0 saturated carbocycles. The lowest BCUT2D eigenvalue weighted by Gasteiger charge is -2.29. The van der Waals surface area contributed by atoms with Crippen LogP contribution in [0.1, 0.15) is 51.7 Å². The number of hydrogen-bond donors (Lipinski definition) is 1. The molecule has 2 heterocycles. The third kappa shape index (κ3) is 4.86. The van der Waals surface area contributed by atoms with Crippen molar-refractivity contribution in [3.05, 3.63) is 56.7 Å². The lowest BCUT2D eigenvalue weighted by atomic mass is 9.94. The predicted molar refractivity (Wildman–Crippen MR) is 125 cm³/mol. The van der Waals surface area contributed by atoms with Crippen LogP contribution >= 0.6 is 11.3 Å². The molecule has 0 fully saturated rings. The van der Waals surface area contributed by atoms with Gasteiger partial charge in [0.05, 0.1) is 33.8 Å². The molecule has 1 amide bonds. The third-order valence-corrected chi connectivity index (χ3v) is 6.49. The smallest absolute Gasteiger partial charge is 0.290 e. The van der Waals surface area contributed by atoms with Crippen LogP contribution in [-0.2, 0) is 4.79 Å². The van der Waals surface area contributed by atoms with Crippen molar-refractivity contribution in [2.45, 2.75) is 39.7 Å². The minimum Gasteiger partial charge on any atom is -0.503 e. The zero-order valence-corrected chi connectivity index (χ0v) is 20.2. The molecule has 8 heteroatoms. The lowest BCUT2D eigenvalue weighted by molar-refractivity contribution is -0.129. The molecule has 1 aromatic carbocycles. The number of aliphatic hydroxyl groups is 1. The van der Waals surface area contributed by atoms with E-state index in [4.69, 9.17) is 4.74 Å². The van der Waals surface area contributed by atoms with E-state index in [9.17, 15) is 14.7 Å². The number of aliphatic hydroxyl groups excluding tert-OH is 1. The number of ketones is 1. The Morgan fingerprint density at radius 2 is 2.00 bits per heavy atom. The highest BCUT2D eigenvalue weighted by Gasteiger charge is 2.45. The summed E-state index contributed by atoms with van der Waals surface area (Å²) in [4.78, 5) is 35.0. The van der Waals surface area contributed by atoms with E-state index in [0.29, 0.717) is 41.6 Å². The van der Waals surface area contributed by atoms with E-state index in [2.05, 4.69) is 11.9 Å². The van der Waals surface area contributed by atoms with Crippen LogP contribution in [0.4, 0.5) is 0 Å². The first-order valence-electron chi connectivity index (χ1n) is 10.9. The summed E-state index contributed by atoms with van der Waals surface area (Å²) < 4.78 is 6.02. The average molecular weight is 458 g/mol. The Kier molecular flexibility index (Phi) is 7.69. The maximum atomic E-state index is 13.6. The van der Waals surface area contributed by atoms with Crippen LogP contribution < -0.4 is 4.74 Å². The molecule has 1 N–H and O–H groups in total. The Morgan fingerprint density at radius 3 is 2.62 bits per heavy atom. The van der Waals surface area contributed by atoms with Crippen molar-refractivity contribution in [3.8, 4) is 5.75 Å². The SMILES string of the molecule is CCCCOc1ccccc1C1C(C(=O)c2sc(C)nc2C)=C(O)C(=O)N1CCN(C)C. The van der Waals surface area contributed by atoms with Gasteiger partial charge < -0.3 is 19.6 Å². The molecular formula is C24H31N3O4S. The van der Waals surface area contributed by atoms with Gasteiger partial charge in [0.25, 0.3) is 5.91 Å². The Hall–Kier alpha value is -2.71. The number of rotatable bonds is 10. The van der Waals surface area contributed by atoms with Crippen LogP contribution in [0, 0.1) is 13.8 Å². The third-order valence-electron chi connectivity index (χ3n) is 5.42. The first-order chi connectivity index (χ1) is 15.3. The molecule has 0 saturated heterocycles. The van der Waals surface area contributed by atoms with Crippen molar-refractivity contribution in [1.29, 1.82) is 0 Å². The van der Waals surface area contributed by atoms with Gasteiger partial charge in [-0.25, -0.2) is 4.98 Å². The molecule has 2 aromatic rings. The number of benzene rings is 1. The molecular weight excluding hydrogens is 426 g/mol. The molecule has 0 bridgehead atoms. The molecule has 7 nitrogen and oxygen atoms in total. The minimum absolute atomic E-state index is 0.0899. The number of likely N-dealkylation sites (N-methyl/N-ethyl adjacent to an activating group) is 1. The van der Waals surface area contributed by atoms with Gasteiger partial charge in [0.1, 0.15) is 5.75 Å². The summed E-state index contributed by atoms with van der Waals surface area (Å²) in [5.74, 6) is -0.777. The number of nitrogens with zero attached hydrogens (tertiary/aromatic N) is 3. The van der Waals surface area contributed by atoms with E-state index in [0.717, 1.165) is 17.8 Å². The standard InChI is InChI=1S/C24H31N3O4S/c1-6-7-14-31-18-11-9-8-10-17(18)20-19(21(28)23-15(2)25-16(3)32-23)22(29)24(30)27(20)13-12-26(4)5/h8-11,20,29H,6-7,12-14H2,1-5H3. The van der Waals surface area contributed by atoms with Crippen molar-refractivity contribution in [2.75, 3.05) is 33.8 Å². The molecule has 1 atom stereocenters. The number of carbonyl (C=O) groups is 2. The average Bonchev–Trinajstić information content (AvgIpc) is 3.22.